The van der Waals surface area contributed by atoms with Gasteiger partial charge in [0.05, 0.1) is 0 Å². The number of hydrogen-bond acceptors (Lipinski definition) is 9. The standard InChI is InChI=1S/C42H24N6O3.C38H24.C24H14/c1-4-16-31-25(10-1)13-7-19-34(31)40-46-43-37(49-40)28-22-29(38-44-47-41(50-38)35-20-8-14-26-11-2-5-17-32(26)35)24-30(23-28)39-45-48-42(51-39)36-21-9-15-27-12-3-6-18-33(27)36;1-3-11-27-21-31(19-17-25(27)9-1)37-33-15-7-8-16-34(33)38(32-20-18-26-10-2-4-12-28(26)22-32)36-24-30-14-6-5-13-29(30)23-35(36)37;1-2-8-16-15(7-1)19-11-5-13-21-17-9-3-4-10-18(17)22-14-6-12-20(16)24(22)23(19)21/h1-24H;1-24H;1-14H. The number of rotatable bonds is 8. The molecule has 0 atom stereocenters. The van der Waals surface area contributed by atoms with Gasteiger partial charge in [0.1, 0.15) is 0 Å². The van der Waals surface area contributed by atoms with E-state index in [1.54, 1.807) is 0 Å². The molecule has 9 nitrogen and oxygen atoms in total. The average Bonchev–Trinajstić information content (AvgIpc) is 1.40. The van der Waals surface area contributed by atoms with Crippen LogP contribution in [0, 0.1) is 0 Å². The Bertz CT molecular complexity index is 7220. The Morgan fingerprint density at radius 2 is 0.381 bits per heavy atom. The monoisotopic (exact) mass is 1440 g/mol. The third-order valence-corrected chi connectivity index (χ3v) is 22.4. The lowest BCUT2D eigenvalue weighted by atomic mass is 9.84. The van der Waals surface area contributed by atoms with Crippen molar-refractivity contribution >= 4 is 140 Å². The van der Waals surface area contributed by atoms with Crippen LogP contribution in [-0.4, -0.2) is 30.6 Å². The first-order valence-electron chi connectivity index (χ1n) is 37.9. The molecule has 0 radical (unpaired) electrons. The number of fused-ring (bicyclic) bond motifs is 14. The van der Waals surface area contributed by atoms with Crippen molar-refractivity contribution in [1.82, 2.24) is 30.6 Å². The predicted octanol–water partition coefficient (Wildman–Crippen LogP) is 28.0. The zero-order valence-corrected chi connectivity index (χ0v) is 60.7. The van der Waals surface area contributed by atoms with E-state index >= 15 is 0 Å². The van der Waals surface area contributed by atoms with Gasteiger partial charge in [-0.2, -0.15) is 0 Å². The molecule has 9 heteroatoms. The minimum Gasteiger partial charge on any atom is -0.416 e. The molecule has 526 valence electrons. The van der Waals surface area contributed by atoms with Gasteiger partial charge in [-0.1, -0.05) is 315 Å². The van der Waals surface area contributed by atoms with Crippen LogP contribution in [0.1, 0.15) is 0 Å². The van der Waals surface area contributed by atoms with Crippen LogP contribution in [0.15, 0.2) is 389 Å². The lowest BCUT2D eigenvalue weighted by Gasteiger charge is -2.19. The fourth-order valence-corrected chi connectivity index (χ4v) is 17.2. The molecule has 0 aliphatic heterocycles. The van der Waals surface area contributed by atoms with E-state index in [1.165, 1.54) is 130 Å². The van der Waals surface area contributed by atoms with E-state index in [4.69, 9.17) is 13.3 Å². The van der Waals surface area contributed by atoms with E-state index in [2.05, 4.69) is 298 Å². The van der Waals surface area contributed by atoms with Gasteiger partial charge in [-0.25, -0.2) is 0 Å². The van der Waals surface area contributed by atoms with Crippen LogP contribution in [0.3, 0.4) is 0 Å². The molecule has 0 spiro atoms. The van der Waals surface area contributed by atoms with Crippen LogP contribution in [-0.2, 0) is 0 Å². The second kappa shape index (κ2) is 26.8. The van der Waals surface area contributed by atoms with Crippen molar-refractivity contribution in [2.75, 3.05) is 0 Å². The van der Waals surface area contributed by atoms with E-state index in [-0.39, 0.29) is 0 Å². The predicted molar refractivity (Wildman–Crippen MR) is 465 cm³/mol. The highest BCUT2D eigenvalue weighted by molar-refractivity contribution is 6.40. The summed E-state index contributed by atoms with van der Waals surface area (Å²) in [7, 11) is 0. The zero-order chi connectivity index (χ0) is 74.5. The normalized spacial score (nSPS) is 11.7. The second-order valence-electron chi connectivity index (χ2n) is 28.8. The van der Waals surface area contributed by atoms with Crippen molar-refractivity contribution in [2.24, 2.45) is 0 Å². The first-order valence-corrected chi connectivity index (χ1v) is 37.9. The summed E-state index contributed by atoms with van der Waals surface area (Å²) in [5.41, 5.74) is 9.51. The summed E-state index contributed by atoms with van der Waals surface area (Å²) in [5, 5.41) is 59.4. The Kier molecular flexibility index (Phi) is 15.4. The molecule has 0 N–H and O–H groups in total. The van der Waals surface area contributed by atoms with Crippen LogP contribution in [0.5, 0.6) is 0 Å². The topological polar surface area (TPSA) is 117 Å². The van der Waals surface area contributed by atoms with Gasteiger partial charge in [0.25, 0.3) is 0 Å². The molecule has 3 aromatic heterocycles. The maximum Gasteiger partial charge on any atom is 0.248 e. The van der Waals surface area contributed by atoms with Crippen LogP contribution >= 0.6 is 0 Å². The highest BCUT2D eigenvalue weighted by atomic mass is 16.4. The molecule has 113 heavy (non-hydrogen) atoms. The quantitative estimate of drug-likeness (QED) is 0.108. The lowest BCUT2D eigenvalue weighted by Crippen LogP contribution is -1.92. The second-order valence-corrected chi connectivity index (χ2v) is 28.8. The first kappa shape index (κ1) is 64.8. The molecule has 21 aromatic carbocycles. The number of aromatic nitrogens is 6. The summed E-state index contributed by atoms with van der Waals surface area (Å²) in [5.74, 6) is 2.14. The van der Waals surface area contributed by atoms with Gasteiger partial charge in [-0.15, -0.1) is 30.6 Å². The smallest absolute Gasteiger partial charge is 0.248 e. The van der Waals surface area contributed by atoms with Crippen molar-refractivity contribution in [3.05, 3.63) is 376 Å². The molecule has 0 saturated carbocycles. The van der Waals surface area contributed by atoms with Gasteiger partial charge in [0, 0.05) is 33.4 Å². The Morgan fingerprint density at radius 1 is 0.142 bits per heavy atom. The Morgan fingerprint density at radius 3 is 0.708 bits per heavy atom. The maximum atomic E-state index is 6.34. The highest BCUT2D eigenvalue weighted by Crippen LogP contribution is 2.48. The number of benzene rings is 21. The largest absolute Gasteiger partial charge is 0.416 e. The summed E-state index contributed by atoms with van der Waals surface area (Å²) in [6.45, 7) is 0. The molecule has 0 bridgehead atoms. The van der Waals surface area contributed by atoms with E-state index < -0.39 is 0 Å². The van der Waals surface area contributed by atoms with Gasteiger partial charge >= 0.3 is 0 Å². The minimum absolute atomic E-state index is 0.309. The average molecular weight is 1440 g/mol. The summed E-state index contributed by atoms with van der Waals surface area (Å²) in [6, 6.07) is 132. The first-order chi connectivity index (χ1) is 56.0. The molecule has 0 unspecified atom stereocenters. The molecule has 3 heterocycles. The van der Waals surface area contributed by atoms with Gasteiger partial charge < -0.3 is 13.3 Å². The summed E-state index contributed by atoms with van der Waals surface area (Å²) in [6.07, 6.45) is 0. The van der Waals surface area contributed by atoms with Gasteiger partial charge in [0.2, 0.25) is 35.3 Å². The zero-order valence-electron chi connectivity index (χ0n) is 60.7. The third kappa shape index (κ3) is 11.2. The number of hydrogen-bond donors (Lipinski definition) is 0. The molecular formula is C104H62N6O3. The SMILES string of the molecule is c1ccc2c(-c3nnc(-c4cc(-c5nnc(-c6cccc7ccccc67)o5)cc(-c5nnc(-c6cccc7ccccc67)o5)c4)o3)cccc2c1.c1ccc2c(c1)c1cccc3c4ccccc4c4cccc2c4c13.c1ccc2cc(-c3c4ccccc4c(-c4ccc5ccccc5c4)c4cc5ccccc5cc34)ccc2c1. The Labute approximate surface area is 646 Å². The molecule has 0 saturated heterocycles. The van der Waals surface area contributed by atoms with E-state index in [1.807, 2.05) is 109 Å². The molecule has 0 aliphatic rings. The molecule has 24 rings (SSSR count). The molecule has 0 amide bonds. The summed E-state index contributed by atoms with van der Waals surface area (Å²) in [4.78, 5) is 0. The lowest BCUT2D eigenvalue weighted by molar-refractivity contribution is 0.581. The van der Waals surface area contributed by atoms with Crippen molar-refractivity contribution in [1.29, 1.82) is 0 Å². The van der Waals surface area contributed by atoms with Gasteiger partial charge in [-0.3, -0.25) is 0 Å². The fourth-order valence-electron chi connectivity index (χ4n) is 17.2. The van der Waals surface area contributed by atoms with Gasteiger partial charge in [0.15, 0.2) is 0 Å². The van der Waals surface area contributed by atoms with E-state index in [0.29, 0.717) is 52.0 Å². The van der Waals surface area contributed by atoms with Crippen LogP contribution in [0.25, 0.3) is 231 Å². The molecule has 24 aromatic rings. The van der Waals surface area contributed by atoms with Crippen LogP contribution < -0.4 is 0 Å². The van der Waals surface area contributed by atoms with Crippen molar-refractivity contribution in [2.45, 2.75) is 0 Å². The van der Waals surface area contributed by atoms with Crippen LogP contribution in [0.4, 0.5) is 0 Å². The van der Waals surface area contributed by atoms with Crippen molar-refractivity contribution in [3.63, 3.8) is 0 Å². The maximum absolute atomic E-state index is 6.34. The van der Waals surface area contributed by atoms with E-state index in [0.717, 1.165) is 49.0 Å². The van der Waals surface area contributed by atoms with E-state index in [9.17, 15) is 0 Å². The van der Waals surface area contributed by atoms with Crippen LogP contribution in [0.2, 0.25) is 0 Å². The Balaban J connectivity index is 0.000000110. The molecule has 0 aliphatic carbocycles. The Hall–Kier alpha value is -15.3. The highest BCUT2D eigenvalue weighted by Gasteiger charge is 2.24. The summed E-state index contributed by atoms with van der Waals surface area (Å²) < 4.78 is 19.0. The fraction of sp³-hybridized carbons (Fsp3) is 0. The third-order valence-electron chi connectivity index (χ3n) is 22.4. The molecular weight excluding hydrogens is 1380 g/mol. The number of nitrogens with zero attached hydrogens (tertiary/aromatic N) is 6. The van der Waals surface area contributed by atoms with Crippen molar-refractivity contribution in [3.8, 4) is 91.0 Å². The molecule has 0 fully saturated rings. The van der Waals surface area contributed by atoms with Gasteiger partial charge in [-0.05, 0) is 223 Å². The summed E-state index contributed by atoms with van der Waals surface area (Å²) >= 11 is 0. The minimum atomic E-state index is 0.309. The van der Waals surface area contributed by atoms with Crippen molar-refractivity contribution < 1.29 is 13.3 Å².